The van der Waals surface area contributed by atoms with E-state index in [0.717, 1.165) is 36.5 Å². The van der Waals surface area contributed by atoms with Crippen molar-refractivity contribution in [3.63, 3.8) is 0 Å². The van der Waals surface area contributed by atoms with Crippen LogP contribution in [-0.2, 0) is 9.53 Å². The summed E-state index contributed by atoms with van der Waals surface area (Å²) < 4.78 is 6.29. The average Bonchev–Trinajstić information content (AvgIpc) is 2.63. The van der Waals surface area contributed by atoms with Crippen LogP contribution in [0.1, 0.15) is 32.1 Å². The van der Waals surface area contributed by atoms with Gasteiger partial charge in [-0.1, -0.05) is 42.2 Å². The van der Waals surface area contributed by atoms with E-state index < -0.39 is 8.07 Å². The van der Waals surface area contributed by atoms with E-state index in [0.29, 0.717) is 6.61 Å². The summed E-state index contributed by atoms with van der Waals surface area (Å²) in [5.41, 5.74) is 3.15. The van der Waals surface area contributed by atoms with Crippen LogP contribution in [0.25, 0.3) is 0 Å². The molecule has 18 heavy (non-hydrogen) atoms. The van der Waals surface area contributed by atoms with Crippen LogP contribution in [-0.4, -0.2) is 25.1 Å². The molecular weight excluding hydrogens is 355 g/mol. The number of cyclic esters (lactones) is 1. The van der Waals surface area contributed by atoms with Gasteiger partial charge in [0.1, 0.15) is 8.07 Å². The highest BCUT2D eigenvalue weighted by Crippen LogP contribution is 2.39. The van der Waals surface area contributed by atoms with Crippen molar-refractivity contribution in [1.82, 2.24) is 0 Å². The normalized spacial score (nSPS) is 23.4. The van der Waals surface area contributed by atoms with Crippen LogP contribution in [0.4, 0.5) is 0 Å². The predicted octanol–water partition coefficient (Wildman–Crippen LogP) is 3.80. The van der Waals surface area contributed by atoms with Crippen LogP contribution >= 0.6 is 22.6 Å². The Bertz CT molecular complexity index is 351. The van der Waals surface area contributed by atoms with Gasteiger partial charge in [0.05, 0.1) is 12.0 Å². The summed E-state index contributed by atoms with van der Waals surface area (Å²) in [6.45, 7) is 7.34. The standard InChI is InChI=1S/C14H23IO2Si/c1-18(2,3)12-5-4-7-14(8-6-10-15)9-11-17-13(14)16/h4,6-11H2,1-3H3. The molecule has 1 saturated heterocycles. The van der Waals surface area contributed by atoms with Crippen LogP contribution in [0, 0.1) is 16.9 Å². The Morgan fingerprint density at radius 2 is 2.11 bits per heavy atom. The van der Waals surface area contributed by atoms with E-state index in [4.69, 9.17) is 4.74 Å². The molecule has 0 saturated carbocycles. The fourth-order valence-electron chi connectivity index (χ4n) is 2.21. The minimum absolute atomic E-state index is 0.0159. The summed E-state index contributed by atoms with van der Waals surface area (Å²) in [6.07, 6.45) is 4.65. The number of alkyl halides is 1. The quantitative estimate of drug-likeness (QED) is 0.239. The summed E-state index contributed by atoms with van der Waals surface area (Å²) >= 11 is 2.37. The Morgan fingerprint density at radius 1 is 1.39 bits per heavy atom. The number of esters is 1. The van der Waals surface area contributed by atoms with E-state index >= 15 is 0 Å². The van der Waals surface area contributed by atoms with Crippen LogP contribution in [0.3, 0.4) is 0 Å². The van der Waals surface area contributed by atoms with E-state index in [9.17, 15) is 4.79 Å². The van der Waals surface area contributed by atoms with E-state index in [2.05, 4.69) is 53.7 Å². The van der Waals surface area contributed by atoms with Crippen molar-refractivity contribution in [3.8, 4) is 11.5 Å². The third-order valence-corrected chi connectivity index (χ3v) is 4.92. The molecule has 1 aliphatic rings. The molecule has 102 valence electrons. The lowest BCUT2D eigenvalue weighted by Crippen LogP contribution is -2.26. The van der Waals surface area contributed by atoms with Gasteiger partial charge in [-0.3, -0.25) is 4.79 Å². The molecule has 0 N–H and O–H groups in total. The highest BCUT2D eigenvalue weighted by molar-refractivity contribution is 14.1. The molecule has 1 rings (SSSR count). The molecule has 0 aliphatic carbocycles. The van der Waals surface area contributed by atoms with Gasteiger partial charge in [-0.25, -0.2) is 0 Å². The molecule has 1 aliphatic heterocycles. The molecule has 0 spiro atoms. The van der Waals surface area contributed by atoms with Crippen LogP contribution < -0.4 is 0 Å². The molecule has 0 bridgehead atoms. The molecule has 0 radical (unpaired) electrons. The third-order valence-electron chi connectivity index (χ3n) is 3.23. The first-order valence-corrected chi connectivity index (χ1v) is 11.7. The van der Waals surface area contributed by atoms with Gasteiger partial charge < -0.3 is 4.74 Å². The summed E-state index contributed by atoms with van der Waals surface area (Å²) in [6, 6.07) is 0. The molecule has 2 nitrogen and oxygen atoms in total. The first-order valence-electron chi connectivity index (χ1n) is 6.63. The summed E-state index contributed by atoms with van der Waals surface area (Å²) in [7, 11) is -1.28. The number of ether oxygens (including phenoxy) is 1. The maximum Gasteiger partial charge on any atom is 0.312 e. The number of halogens is 1. The predicted molar refractivity (Wildman–Crippen MR) is 86.5 cm³/mol. The van der Waals surface area contributed by atoms with Crippen molar-refractivity contribution in [3.05, 3.63) is 0 Å². The van der Waals surface area contributed by atoms with Crippen molar-refractivity contribution in [1.29, 1.82) is 0 Å². The minimum atomic E-state index is -1.28. The zero-order valence-electron chi connectivity index (χ0n) is 11.6. The number of hydrogen-bond donors (Lipinski definition) is 0. The monoisotopic (exact) mass is 378 g/mol. The number of hydrogen-bond acceptors (Lipinski definition) is 2. The molecule has 1 atom stereocenters. The Labute approximate surface area is 125 Å². The van der Waals surface area contributed by atoms with Crippen molar-refractivity contribution in [2.75, 3.05) is 11.0 Å². The minimum Gasteiger partial charge on any atom is -0.465 e. The fraction of sp³-hybridized carbons (Fsp3) is 0.786. The summed E-state index contributed by atoms with van der Waals surface area (Å²) in [5, 5.41) is 0. The first kappa shape index (κ1) is 16.0. The Kier molecular flexibility index (Phi) is 6.19. The fourth-order valence-corrected chi connectivity index (χ4v) is 3.24. The van der Waals surface area contributed by atoms with Crippen molar-refractivity contribution in [2.24, 2.45) is 5.41 Å². The highest BCUT2D eigenvalue weighted by atomic mass is 127. The molecule has 1 fully saturated rings. The van der Waals surface area contributed by atoms with Crippen molar-refractivity contribution in [2.45, 2.75) is 51.7 Å². The van der Waals surface area contributed by atoms with Crippen LogP contribution in [0.2, 0.25) is 19.6 Å². The van der Waals surface area contributed by atoms with E-state index in [1.165, 1.54) is 0 Å². The van der Waals surface area contributed by atoms with Gasteiger partial charge in [0.2, 0.25) is 0 Å². The lowest BCUT2D eigenvalue weighted by Gasteiger charge is -2.23. The number of rotatable bonds is 5. The van der Waals surface area contributed by atoms with Crippen molar-refractivity contribution < 1.29 is 9.53 Å². The molecule has 0 aromatic carbocycles. The molecule has 0 amide bonds. The molecule has 4 heteroatoms. The number of carbonyl (C=O) groups is 1. The number of carbonyl (C=O) groups excluding carboxylic acids is 1. The van der Waals surface area contributed by atoms with E-state index in [1.807, 2.05) is 0 Å². The van der Waals surface area contributed by atoms with Gasteiger partial charge in [0, 0.05) is 6.42 Å². The second kappa shape index (κ2) is 6.95. The summed E-state index contributed by atoms with van der Waals surface area (Å²) in [5.74, 6) is 3.29. The second-order valence-electron chi connectivity index (χ2n) is 6.01. The van der Waals surface area contributed by atoms with Gasteiger partial charge in [-0.05, 0) is 30.1 Å². The van der Waals surface area contributed by atoms with Gasteiger partial charge in [-0.2, -0.15) is 0 Å². The van der Waals surface area contributed by atoms with E-state index in [-0.39, 0.29) is 11.4 Å². The van der Waals surface area contributed by atoms with Gasteiger partial charge in [-0.15, -0.1) is 11.5 Å². The SMILES string of the molecule is C[Si](C)(C)C#CCCC1(CCCI)CCOC1=O. The van der Waals surface area contributed by atoms with Gasteiger partial charge in [0.15, 0.2) is 0 Å². The zero-order chi connectivity index (χ0) is 13.6. The lowest BCUT2D eigenvalue weighted by atomic mass is 9.78. The Balaban J connectivity index is 2.57. The van der Waals surface area contributed by atoms with Crippen molar-refractivity contribution >= 4 is 36.6 Å². The largest absolute Gasteiger partial charge is 0.465 e. The first-order chi connectivity index (χ1) is 8.40. The Morgan fingerprint density at radius 3 is 2.61 bits per heavy atom. The molecular formula is C14H23IO2Si. The molecule has 1 unspecified atom stereocenters. The molecule has 0 aromatic heterocycles. The molecule has 0 aromatic rings. The van der Waals surface area contributed by atoms with Crippen LogP contribution in [0.15, 0.2) is 0 Å². The average molecular weight is 378 g/mol. The smallest absolute Gasteiger partial charge is 0.312 e. The maximum absolute atomic E-state index is 11.9. The third kappa shape index (κ3) is 4.92. The van der Waals surface area contributed by atoms with Gasteiger partial charge >= 0.3 is 5.97 Å². The van der Waals surface area contributed by atoms with E-state index in [1.54, 1.807) is 0 Å². The van der Waals surface area contributed by atoms with Gasteiger partial charge in [0.25, 0.3) is 0 Å². The van der Waals surface area contributed by atoms with Crippen LogP contribution in [0.5, 0.6) is 0 Å². The topological polar surface area (TPSA) is 26.3 Å². The lowest BCUT2D eigenvalue weighted by molar-refractivity contribution is -0.146. The zero-order valence-corrected chi connectivity index (χ0v) is 14.8. The maximum atomic E-state index is 11.9. The Hall–Kier alpha value is -0.0231. The highest BCUT2D eigenvalue weighted by Gasteiger charge is 2.43. The second-order valence-corrected chi connectivity index (χ2v) is 11.8. The molecule has 1 heterocycles. The summed E-state index contributed by atoms with van der Waals surface area (Å²) in [4.78, 5) is 11.9.